The Bertz CT molecular complexity index is 638. The van der Waals surface area contributed by atoms with Gasteiger partial charge in [-0.1, -0.05) is 0 Å². The summed E-state index contributed by atoms with van der Waals surface area (Å²) in [6.07, 6.45) is 0.784. The number of thioether (sulfide) groups is 1. The van der Waals surface area contributed by atoms with Crippen LogP contribution in [-0.2, 0) is 11.3 Å². The first-order valence-electron chi connectivity index (χ1n) is 8.95. The molecule has 6 nitrogen and oxygen atoms in total. The summed E-state index contributed by atoms with van der Waals surface area (Å²) in [5, 5.41) is 16.9. The largest absolute Gasteiger partial charge is 0.387 e. The van der Waals surface area contributed by atoms with Crippen LogP contribution in [0.3, 0.4) is 0 Å². The fourth-order valence-corrected chi connectivity index (χ4v) is 4.49. The second-order valence-corrected chi connectivity index (χ2v) is 7.78. The molecule has 0 aliphatic carbocycles. The number of ether oxygens (including phenoxy) is 1. The summed E-state index contributed by atoms with van der Waals surface area (Å²) in [4.78, 5) is 6.43. The number of benzene rings is 1. The highest BCUT2D eigenvalue weighted by Crippen LogP contribution is 2.27. The van der Waals surface area contributed by atoms with E-state index >= 15 is 0 Å². The van der Waals surface area contributed by atoms with E-state index < -0.39 is 5.60 Å². The van der Waals surface area contributed by atoms with Gasteiger partial charge in [0.1, 0.15) is 5.82 Å². The molecule has 0 bridgehead atoms. The molecule has 3 N–H and O–H groups in total. The lowest BCUT2D eigenvalue weighted by atomic mass is 10.0. The highest BCUT2D eigenvalue weighted by Gasteiger charge is 2.31. The first-order valence-corrected chi connectivity index (χ1v) is 10.1. The molecule has 2 fully saturated rings. The van der Waals surface area contributed by atoms with Gasteiger partial charge in [-0.05, 0) is 35.9 Å². The van der Waals surface area contributed by atoms with Crippen molar-refractivity contribution in [1.82, 2.24) is 10.6 Å². The second-order valence-electron chi connectivity index (χ2n) is 6.68. The van der Waals surface area contributed by atoms with E-state index in [1.165, 1.54) is 6.07 Å². The van der Waals surface area contributed by atoms with Crippen molar-refractivity contribution in [2.75, 3.05) is 56.3 Å². The molecular formula is C18H28FIN4O2S. The van der Waals surface area contributed by atoms with E-state index in [0.29, 0.717) is 32.3 Å². The molecule has 0 aromatic heterocycles. The SMILES string of the molecule is CN=C(NCc1cc(F)ccc1N1CCOCC1)NCC1(O)CCSC1.I. The van der Waals surface area contributed by atoms with Crippen LogP contribution in [0.2, 0.25) is 0 Å². The van der Waals surface area contributed by atoms with Gasteiger partial charge in [0.15, 0.2) is 5.96 Å². The number of hydrogen-bond donors (Lipinski definition) is 3. The Morgan fingerprint density at radius 2 is 2.15 bits per heavy atom. The minimum absolute atomic E-state index is 0. The van der Waals surface area contributed by atoms with Crippen molar-refractivity contribution < 1.29 is 14.2 Å². The van der Waals surface area contributed by atoms with Crippen LogP contribution in [0.4, 0.5) is 10.1 Å². The molecule has 1 aromatic rings. The van der Waals surface area contributed by atoms with Crippen LogP contribution < -0.4 is 15.5 Å². The van der Waals surface area contributed by atoms with E-state index in [1.54, 1.807) is 24.9 Å². The second kappa shape index (κ2) is 10.7. The molecule has 152 valence electrons. The molecule has 0 spiro atoms. The van der Waals surface area contributed by atoms with Crippen LogP contribution >= 0.6 is 35.7 Å². The number of rotatable bonds is 5. The Labute approximate surface area is 181 Å². The van der Waals surface area contributed by atoms with Crippen molar-refractivity contribution in [3.05, 3.63) is 29.6 Å². The summed E-state index contributed by atoms with van der Waals surface area (Å²) < 4.78 is 19.2. The normalized spacial score (nSPS) is 23.1. The molecule has 2 aliphatic heterocycles. The van der Waals surface area contributed by atoms with Gasteiger partial charge in [0.05, 0.1) is 18.8 Å². The average molecular weight is 510 g/mol. The summed E-state index contributed by atoms with van der Waals surface area (Å²) >= 11 is 1.76. The van der Waals surface area contributed by atoms with E-state index in [-0.39, 0.29) is 29.8 Å². The molecule has 2 heterocycles. The van der Waals surface area contributed by atoms with Crippen LogP contribution in [-0.4, -0.2) is 68.1 Å². The van der Waals surface area contributed by atoms with Crippen molar-refractivity contribution >= 4 is 47.4 Å². The maximum absolute atomic E-state index is 13.8. The smallest absolute Gasteiger partial charge is 0.191 e. The van der Waals surface area contributed by atoms with Gasteiger partial charge >= 0.3 is 0 Å². The van der Waals surface area contributed by atoms with Crippen LogP contribution in [0, 0.1) is 5.82 Å². The summed E-state index contributed by atoms with van der Waals surface area (Å²) in [5.41, 5.74) is 1.22. The quantitative estimate of drug-likeness (QED) is 0.319. The van der Waals surface area contributed by atoms with Crippen LogP contribution in [0.1, 0.15) is 12.0 Å². The maximum atomic E-state index is 13.8. The van der Waals surface area contributed by atoms with E-state index in [2.05, 4.69) is 20.5 Å². The van der Waals surface area contributed by atoms with Crippen molar-refractivity contribution in [1.29, 1.82) is 0 Å². The molecule has 0 amide bonds. The van der Waals surface area contributed by atoms with Crippen molar-refractivity contribution in [2.45, 2.75) is 18.6 Å². The molecular weight excluding hydrogens is 482 g/mol. The number of anilines is 1. The molecule has 3 rings (SSSR count). The van der Waals surface area contributed by atoms with Crippen LogP contribution in [0.15, 0.2) is 23.2 Å². The number of guanidine groups is 1. The van der Waals surface area contributed by atoms with E-state index in [9.17, 15) is 9.50 Å². The zero-order valence-corrected chi connectivity index (χ0v) is 18.7. The summed E-state index contributed by atoms with van der Waals surface area (Å²) in [6, 6.07) is 4.88. The number of nitrogens with one attached hydrogen (secondary N) is 2. The topological polar surface area (TPSA) is 69.1 Å². The third kappa shape index (κ3) is 6.37. The molecule has 0 radical (unpaired) electrons. The predicted octanol–water partition coefficient (Wildman–Crippen LogP) is 1.81. The van der Waals surface area contributed by atoms with Gasteiger partial charge in [-0.3, -0.25) is 4.99 Å². The standard InChI is InChI=1S/C18H27FN4O2S.HI/c1-20-17(22-12-18(24)4-9-26-13-18)21-11-14-10-15(19)2-3-16(14)23-5-7-25-8-6-23;/h2-3,10,24H,4-9,11-13H2,1H3,(H2,20,21,22);1H. The first kappa shape index (κ1) is 22.5. The number of hydrogen-bond acceptors (Lipinski definition) is 5. The molecule has 0 saturated carbocycles. The minimum Gasteiger partial charge on any atom is -0.387 e. The Kier molecular flexibility index (Phi) is 8.90. The summed E-state index contributed by atoms with van der Waals surface area (Å²) in [7, 11) is 1.69. The Balaban J connectivity index is 0.00000261. The van der Waals surface area contributed by atoms with E-state index in [1.807, 2.05) is 6.07 Å². The minimum atomic E-state index is -0.680. The van der Waals surface area contributed by atoms with Gasteiger partial charge in [-0.25, -0.2) is 4.39 Å². The van der Waals surface area contributed by atoms with Crippen molar-refractivity contribution in [3.63, 3.8) is 0 Å². The predicted molar refractivity (Wildman–Crippen MR) is 120 cm³/mol. The first-order chi connectivity index (χ1) is 12.6. The Morgan fingerprint density at radius 3 is 2.81 bits per heavy atom. The molecule has 2 aliphatic rings. The van der Waals surface area contributed by atoms with Gasteiger partial charge in [0.2, 0.25) is 0 Å². The number of nitrogens with zero attached hydrogens (tertiary/aromatic N) is 2. The third-order valence-corrected chi connectivity index (χ3v) is 5.96. The number of aliphatic imine (C=N–C) groups is 1. The molecule has 27 heavy (non-hydrogen) atoms. The molecule has 1 aromatic carbocycles. The lowest BCUT2D eigenvalue weighted by molar-refractivity contribution is 0.0724. The highest BCUT2D eigenvalue weighted by molar-refractivity contribution is 14.0. The highest BCUT2D eigenvalue weighted by atomic mass is 127. The number of morpholine rings is 1. The van der Waals surface area contributed by atoms with E-state index in [0.717, 1.165) is 42.3 Å². The van der Waals surface area contributed by atoms with Crippen molar-refractivity contribution in [2.24, 2.45) is 4.99 Å². The summed E-state index contributed by atoms with van der Waals surface area (Å²) in [6.45, 7) is 3.89. The lowest BCUT2D eigenvalue weighted by Crippen LogP contribution is -2.47. The molecule has 2 saturated heterocycles. The van der Waals surface area contributed by atoms with Gasteiger partial charge in [-0.15, -0.1) is 24.0 Å². The molecule has 1 atom stereocenters. The zero-order valence-electron chi connectivity index (χ0n) is 15.5. The average Bonchev–Trinajstić information content (AvgIpc) is 3.09. The number of aliphatic hydroxyl groups is 1. The maximum Gasteiger partial charge on any atom is 0.191 e. The van der Waals surface area contributed by atoms with Gasteiger partial charge in [0, 0.05) is 44.7 Å². The van der Waals surface area contributed by atoms with Crippen LogP contribution in [0.25, 0.3) is 0 Å². The van der Waals surface area contributed by atoms with Crippen LogP contribution in [0.5, 0.6) is 0 Å². The van der Waals surface area contributed by atoms with Gasteiger partial charge in [-0.2, -0.15) is 11.8 Å². The summed E-state index contributed by atoms with van der Waals surface area (Å²) in [5.74, 6) is 2.07. The monoisotopic (exact) mass is 510 g/mol. The molecule has 9 heteroatoms. The van der Waals surface area contributed by atoms with Crippen molar-refractivity contribution in [3.8, 4) is 0 Å². The van der Waals surface area contributed by atoms with Gasteiger partial charge in [0.25, 0.3) is 0 Å². The fraction of sp³-hybridized carbons (Fsp3) is 0.611. The fourth-order valence-electron chi connectivity index (χ4n) is 3.19. The Hall–Kier alpha value is -0.780. The van der Waals surface area contributed by atoms with Gasteiger partial charge < -0.3 is 25.4 Å². The van der Waals surface area contributed by atoms with E-state index in [4.69, 9.17) is 4.74 Å². The Morgan fingerprint density at radius 1 is 1.37 bits per heavy atom. The molecule has 1 unspecified atom stereocenters. The third-order valence-electron chi connectivity index (χ3n) is 4.73. The lowest BCUT2D eigenvalue weighted by Gasteiger charge is -2.31. The zero-order chi connectivity index (χ0) is 18.4. The number of halogens is 2.